The molecule has 2 saturated heterocycles. The average Bonchev–Trinajstić information content (AvgIpc) is 2.93. The zero-order valence-corrected chi connectivity index (χ0v) is 11.5. The Morgan fingerprint density at radius 1 is 1.37 bits per heavy atom. The maximum Gasteiger partial charge on any atom is 0.0640 e. The van der Waals surface area contributed by atoms with Crippen molar-refractivity contribution in [1.82, 2.24) is 25.1 Å². The Kier molecular flexibility index (Phi) is 3.83. The lowest BCUT2D eigenvalue weighted by molar-refractivity contribution is 0.0300. The summed E-state index contributed by atoms with van der Waals surface area (Å²) in [4.78, 5) is 2.52. The van der Waals surface area contributed by atoms with Crippen molar-refractivity contribution in [1.29, 1.82) is 0 Å². The second kappa shape index (κ2) is 5.58. The summed E-state index contributed by atoms with van der Waals surface area (Å²) in [5, 5.41) is 15.6. The minimum atomic E-state index is 0.145. The highest BCUT2D eigenvalue weighted by molar-refractivity contribution is 5.05. The fraction of sp³-hybridized carbons (Fsp3) is 0.769. The van der Waals surface area contributed by atoms with E-state index in [1.54, 1.807) is 0 Å². The molecule has 2 aliphatic heterocycles. The van der Waals surface area contributed by atoms with Crippen LogP contribution in [0.15, 0.2) is 12.4 Å². The summed E-state index contributed by atoms with van der Waals surface area (Å²) in [6, 6.07) is 1.30. The van der Waals surface area contributed by atoms with Gasteiger partial charge in [-0.25, -0.2) is 5.01 Å². The molecular weight excluding hydrogens is 242 g/mol. The molecule has 0 aromatic carbocycles. The van der Waals surface area contributed by atoms with Gasteiger partial charge >= 0.3 is 0 Å². The summed E-state index contributed by atoms with van der Waals surface area (Å²) in [5.41, 5.74) is 4.58. The summed E-state index contributed by atoms with van der Waals surface area (Å²) in [5.74, 6) is 0. The van der Waals surface area contributed by atoms with Gasteiger partial charge in [0.15, 0.2) is 0 Å². The van der Waals surface area contributed by atoms with E-state index in [4.69, 9.17) is 5.11 Å². The van der Waals surface area contributed by atoms with Crippen molar-refractivity contribution in [2.45, 2.75) is 38.0 Å². The molecular formula is C13H23N5O. The average molecular weight is 265 g/mol. The molecule has 0 saturated carbocycles. The summed E-state index contributed by atoms with van der Waals surface area (Å²) in [7, 11) is 2.03. The molecule has 106 valence electrons. The molecule has 3 heterocycles. The second-order valence-corrected chi connectivity index (χ2v) is 5.55. The molecule has 0 radical (unpaired) electrons. The number of aliphatic hydroxyl groups is 1. The van der Waals surface area contributed by atoms with E-state index >= 15 is 0 Å². The Morgan fingerprint density at radius 2 is 2.11 bits per heavy atom. The Labute approximate surface area is 114 Å². The molecule has 2 atom stereocenters. The van der Waals surface area contributed by atoms with E-state index in [1.807, 2.05) is 24.1 Å². The Hall–Kier alpha value is -0.950. The molecule has 6 nitrogen and oxygen atoms in total. The standard InChI is InChI=1S/C13H23N5O/c1-14-18-12-2-3-13(18)10-16(9-12)7-11-6-15-17(8-11)4-5-19/h6,8,12-14,19H,2-5,7,9-10H2,1H3. The minimum absolute atomic E-state index is 0.145. The molecule has 0 amide bonds. The molecule has 2 N–H and O–H groups in total. The lowest BCUT2D eigenvalue weighted by Gasteiger charge is -2.40. The van der Waals surface area contributed by atoms with Crippen LogP contribution in [0.25, 0.3) is 0 Å². The monoisotopic (exact) mass is 265 g/mol. The molecule has 1 aromatic rings. The van der Waals surface area contributed by atoms with Crippen LogP contribution in [0.2, 0.25) is 0 Å². The van der Waals surface area contributed by atoms with E-state index in [0.29, 0.717) is 18.6 Å². The summed E-state index contributed by atoms with van der Waals surface area (Å²) in [6.07, 6.45) is 6.56. The third kappa shape index (κ3) is 2.67. The molecule has 19 heavy (non-hydrogen) atoms. The summed E-state index contributed by atoms with van der Waals surface area (Å²) >= 11 is 0. The van der Waals surface area contributed by atoms with Gasteiger partial charge in [0.1, 0.15) is 0 Å². The molecule has 0 aliphatic carbocycles. The van der Waals surface area contributed by atoms with Gasteiger partial charge in [-0.3, -0.25) is 15.0 Å². The molecule has 2 aliphatic rings. The predicted molar refractivity (Wildman–Crippen MR) is 72.3 cm³/mol. The number of fused-ring (bicyclic) bond motifs is 2. The van der Waals surface area contributed by atoms with Gasteiger partial charge in [-0.05, 0) is 19.9 Å². The van der Waals surface area contributed by atoms with Crippen molar-refractivity contribution in [2.24, 2.45) is 0 Å². The molecule has 2 bridgehead atoms. The van der Waals surface area contributed by atoms with E-state index in [1.165, 1.54) is 18.4 Å². The van der Waals surface area contributed by atoms with Crippen molar-refractivity contribution in [2.75, 3.05) is 26.7 Å². The zero-order chi connectivity index (χ0) is 13.2. The van der Waals surface area contributed by atoms with Crippen LogP contribution < -0.4 is 5.43 Å². The van der Waals surface area contributed by atoms with Crippen LogP contribution in [0.3, 0.4) is 0 Å². The number of piperazine rings is 1. The van der Waals surface area contributed by atoms with Gasteiger partial charge in [-0.1, -0.05) is 0 Å². The predicted octanol–water partition coefficient (Wildman–Crippen LogP) is -0.342. The van der Waals surface area contributed by atoms with Crippen LogP contribution in [-0.4, -0.2) is 63.6 Å². The first kappa shape index (κ1) is 13.1. The van der Waals surface area contributed by atoms with Crippen LogP contribution in [0.1, 0.15) is 18.4 Å². The van der Waals surface area contributed by atoms with E-state index in [-0.39, 0.29) is 6.61 Å². The Morgan fingerprint density at radius 3 is 2.74 bits per heavy atom. The molecule has 1 aromatic heterocycles. The van der Waals surface area contributed by atoms with E-state index < -0.39 is 0 Å². The van der Waals surface area contributed by atoms with Crippen molar-refractivity contribution in [3.8, 4) is 0 Å². The normalized spacial score (nSPS) is 28.1. The Balaban J connectivity index is 1.59. The number of hydrogen-bond donors (Lipinski definition) is 2. The molecule has 0 spiro atoms. The first-order chi connectivity index (χ1) is 9.30. The number of rotatable bonds is 5. The Bertz CT molecular complexity index is 407. The van der Waals surface area contributed by atoms with Gasteiger partial charge in [0.05, 0.1) is 19.3 Å². The van der Waals surface area contributed by atoms with Gasteiger partial charge in [0.2, 0.25) is 0 Å². The highest BCUT2D eigenvalue weighted by Gasteiger charge is 2.39. The number of nitrogens with one attached hydrogen (secondary N) is 1. The number of aromatic nitrogens is 2. The van der Waals surface area contributed by atoms with Crippen LogP contribution in [0.4, 0.5) is 0 Å². The fourth-order valence-electron chi connectivity index (χ4n) is 3.46. The number of hydrazine groups is 1. The van der Waals surface area contributed by atoms with Crippen LogP contribution >= 0.6 is 0 Å². The molecule has 2 unspecified atom stereocenters. The smallest absolute Gasteiger partial charge is 0.0640 e. The molecule has 6 heteroatoms. The van der Waals surface area contributed by atoms with Crippen molar-refractivity contribution in [3.63, 3.8) is 0 Å². The molecule has 2 fully saturated rings. The van der Waals surface area contributed by atoms with Gasteiger partial charge in [-0.2, -0.15) is 5.10 Å². The highest BCUT2D eigenvalue weighted by atomic mass is 16.3. The van der Waals surface area contributed by atoms with Crippen LogP contribution in [0.5, 0.6) is 0 Å². The SMILES string of the molecule is CNN1C2CCC1CN(Cc1cnn(CCO)c1)C2. The van der Waals surface area contributed by atoms with Crippen molar-refractivity contribution >= 4 is 0 Å². The highest BCUT2D eigenvalue weighted by Crippen LogP contribution is 2.28. The lowest BCUT2D eigenvalue weighted by Crippen LogP contribution is -2.57. The van der Waals surface area contributed by atoms with E-state index in [2.05, 4.69) is 20.4 Å². The van der Waals surface area contributed by atoms with Gasteiger partial charge in [0.25, 0.3) is 0 Å². The van der Waals surface area contributed by atoms with Crippen molar-refractivity contribution in [3.05, 3.63) is 18.0 Å². The minimum Gasteiger partial charge on any atom is -0.394 e. The number of nitrogens with zero attached hydrogens (tertiary/aromatic N) is 4. The topological polar surface area (TPSA) is 56.6 Å². The van der Waals surface area contributed by atoms with Gasteiger partial charge < -0.3 is 5.11 Å². The zero-order valence-electron chi connectivity index (χ0n) is 11.5. The number of aliphatic hydroxyl groups excluding tert-OH is 1. The number of hydrogen-bond acceptors (Lipinski definition) is 5. The summed E-state index contributed by atoms with van der Waals surface area (Å²) < 4.78 is 1.81. The quantitative estimate of drug-likeness (QED) is 0.763. The maximum atomic E-state index is 8.90. The number of likely N-dealkylation sites (tertiary alicyclic amines) is 1. The third-order valence-corrected chi connectivity index (χ3v) is 4.24. The van der Waals surface area contributed by atoms with Gasteiger partial charge in [0, 0.05) is 43.5 Å². The first-order valence-electron chi connectivity index (χ1n) is 7.10. The lowest BCUT2D eigenvalue weighted by atomic mass is 10.2. The van der Waals surface area contributed by atoms with Crippen molar-refractivity contribution < 1.29 is 5.11 Å². The first-order valence-corrected chi connectivity index (χ1v) is 7.10. The van der Waals surface area contributed by atoms with Gasteiger partial charge in [-0.15, -0.1) is 0 Å². The maximum absolute atomic E-state index is 8.90. The van der Waals surface area contributed by atoms with Crippen LogP contribution in [0, 0.1) is 0 Å². The second-order valence-electron chi connectivity index (χ2n) is 5.55. The largest absolute Gasteiger partial charge is 0.394 e. The van der Waals surface area contributed by atoms with E-state index in [9.17, 15) is 0 Å². The van der Waals surface area contributed by atoms with E-state index in [0.717, 1.165) is 19.6 Å². The third-order valence-electron chi connectivity index (χ3n) is 4.24. The fourth-order valence-corrected chi connectivity index (χ4v) is 3.46. The molecule has 3 rings (SSSR count). The van der Waals surface area contributed by atoms with Crippen LogP contribution in [-0.2, 0) is 13.1 Å². The summed E-state index contributed by atoms with van der Waals surface area (Å²) in [6.45, 7) is 3.95.